The van der Waals surface area contributed by atoms with E-state index < -0.39 is 36.4 Å². The van der Waals surface area contributed by atoms with Gasteiger partial charge in [0, 0.05) is 29.4 Å². The van der Waals surface area contributed by atoms with E-state index in [0.717, 1.165) is 19.6 Å². The molecule has 0 aliphatic carbocycles. The lowest BCUT2D eigenvalue weighted by molar-refractivity contribution is -0.170. The molecule has 0 aliphatic rings. The molecule has 0 heterocycles. The van der Waals surface area contributed by atoms with E-state index in [1.807, 2.05) is 0 Å². The maximum absolute atomic E-state index is 12.2. The van der Waals surface area contributed by atoms with Gasteiger partial charge >= 0.3 is 17.9 Å². The van der Waals surface area contributed by atoms with Crippen molar-refractivity contribution in [1.29, 1.82) is 0 Å². The number of hydrogen-bond donors (Lipinski definition) is 6. The molecule has 0 atom stereocenters. The van der Waals surface area contributed by atoms with E-state index in [2.05, 4.69) is 29.4 Å². The minimum Gasteiger partial charge on any atom is -0.484 e. The molecule has 0 bridgehead atoms. The third-order valence-corrected chi connectivity index (χ3v) is 5.76. The fourth-order valence-electron chi connectivity index (χ4n) is 3.27. The molecule has 0 aliphatic heterocycles. The highest BCUT2D eigenvalue weighted by Gasteiger charge is 2.40. The van der Waals surface area contributed by atoms with Crippen LogP contribution in [-0.2, 0) is 19.2 Å². The van der Waals surface area contributed by atoms with Gasteiger partial charge < -0.3 is 40.7 Å². The van der Waals surface area contributed by atoms with Gasteiger partial charge in [-0.2, -0.15) is 0 Å². The van der Waals surface area contributed by atoms with Crippen LogP contribution in [0.25, 0.3) is 0 Å². The van der Waals surface area contributed by atoms with Crippen molar-refractivity contribution in [2.75, 3.05) is 38.1 Å². The summed E-state index contributed by atoms with van der Waals surface area (Å²) in [5.41, 5.74) is -1.59. The van der Waals surface area contributed by atoms with Crippen molar-refractivity contribution in [3.63, 3.8) is 0 Å². The van der Waals surface area contributed by atoms with Crippen LogP contribution in [0.3, 0.4) is 0 Å². The molecule has 2 rings (SSSR count). The first-order chi connectivity index (χ1) is 19.3. The van der Waals surface area contributed by atoms with Crippen molar-refractivity contribution in [1.82, 2.24) is 10.2 Å². The fraction of sp³-hybridized carbons (Fsp3) is 0.370. The van der Waals surface area contributed by atoms with Gasteiger partial charge in [-0.1, -0.05) is 25.4 Å². The zero-order valence-electron chi connectivity index (χ0n) is 22.6. The van der Waals surface area contributed by atoms with Crippen LogP contribution in [0.15, 0.2) is 48.5 Å². The number of carboxylic acids is 3. The molecule has 0 radical (unpaired) electrons. The van der Waals surface area contributed by atoms with E-state index in [1.54, 1.807) is 48.5 Å². The molecule has 224 valence electrons. The Labute approximate surface area is 241 Å². The van der Waals surface area contributed by atoms with Crippen LogP contribution in [0.1, 0.15) is 37.0 Å². The highest BCUT2D eigenvalue weighted by molar-refractivity contribution is 6.30. The van der Waals surface area contributed by atoms with E-state index in [-0.39, 0.29) is 18.4 Å². The Morgan fingerprint density at radius 3 is 1.88 bits per heavy atom. The number of likely N-dealkylation sites (N-methyl/N-ethyl adjacent to an activating group) is 1. The van der Waals surface area contributed by atoms with Crippen LogP contribution in [0, 0.1) is 0 Å². The Hall–Kier alpha value is -4.20. The number of carbonyl (C=O) groups is 5. The molecule has 2 amide bonds. The number of amides is 2. The summed E-state index contributed by atoms with van der Waals surface area (Å²) in [6.07, 6.45) is -2.29. The quantitative estimate of drug-likeness (QED) is 0.176. The molecular weight excluding hydrogens is 562 g/mol. The molecule has 0 saturated carbocycles. The van der Waals surface area contributed by atoms with Crippen LogP contribution < -0.4 is 15.4 Å². The van der Waals surface area contributed by atoms with E-state index in [0.29, 0.717) is 28.6 Å². The smallest absolute Gasteiger partial charge is 0.336 e. The molecule has 2 aromatic rings. The maximum atomic E-state index is 12.2. The van der Waals surface area contributed by atoms with Gasteiger partial charge in [-0.25, -0.2) is 4.79 Å². The first-order valence-corrected chi connectivity index (χ1v) is 12.9. The lowest BCUT2D eigenvalue weighted by Gasteiger charge is -2.18. The van der Waals surface area contributed by atoms with Gasteiger partial charge in [0.2, 0.25) is 0 Å². The number of rotatable bonds is 15. The average molecular weight is 596 g/mol. The number of ether oxygens (including phenoxy) is 1. The molecule has 0 spiro atoms. The summed E-state index contributed by atoms with van der Waals surface area (Å²) in [6.45, 7) is 7.42. The molecule has 0 saturated heterocycles. The molecule has 0 fully saturated rings. The summed E-state index contributed by atoms with van der Waals surface area (Å²) in [6, 6.07) is 13.5. The van der Waals surface area contributed by atoms with E-state index in [1.165, 1.54) is 0 Å². The fourth-order valence-corrected chi connectivity index (χ4v) is 3.39. The summed E-state index contributed by atoms with van der Waals surface area (Å²) >= 11 is 5.81. The molecule has 6 N–H and O–H groups in total. The SMILES string of the molecule is CCN(CC)CCNC(=O)c1ccc(NC(=O)COc2ccc(Cl)cc2)cc1.O=C(O)CC(O)(CC(=O)O)C(=O)O. The lowest BCUT2D eigenvalue weighted by Crippen LogP contribution is -2.42. The van der Waals surface area contributed by atoms with Crippen molar-refractivity contribution >= 4 is 47.0 Å². The Kier molecular flexibility index (Phi) is 14.8. The second-order valence-electron chi connectivity index (χ2n) is 8.63. The lowest BCUT2D eigenvalue weighted by atomic mass is 9.96. The molecule has 2 aromatic carbocycles. The van der Waals surface area contributed by atoms with Gasteiger partial charge in [0.15, 0.2) is 12.2 Å². The van der Waals surface area contributed by atoms with Gasteiger partial charge in [-0.15, -0.1) is 0 Å². The van der Waals surface area contributed by atoms with Gasteiger partial charge in [-0.3, -0.25) is 19.2 Å². The number of nitrogens with one attached hydrogen (secondary N) is 2. The Morgan fingerprint density at radius 1 is 0.878 bits per heavy atom. The zero-order valence-corrected chi connectivity index (χ0v) is 23.4. The number of halogens is 1. The molecule has 0 aromatic heterocycles. The normalized spacial score (nSPS) is 10.7. The Bertz CT molecular complexity index is 1150. The van der Waals surface area contributed by atoms with Crippen LogP contribution >= 0.6 is 11.6 Å². The van der Waals surface area contributed by atoms with Gasteiger partial charge in [-0.05, 0) is 61.6 Å². The van der Waals surface area contributed by atoms with Crippen molar-refractivity contribution in [3.8, 4) is 5.75 Å². The van der Waals surface area contributed by atoms with Crippen molar-refractivity contribution in [2.24, 2.45) is 0 Å². The first kappa shape index (κ1) is 34.8. The van der Waals surface area contributed by atoms with E-state index in [9.17, 15) is 24.0 Å². The van der Waals surface area contributed by atoms with Crippen LogP contribution in [0.5, 0.6) is 5.75 Å². The largest absolute Gasteiger partial charge is 0.484 e. The van der Waals surface area contributed by atoms with Crippen molar-refractivity contribution < 1.29 is 49.1 Å². The summed E-state index contributed by atoms with van der Waals surface area (Å²) in [4.78, 5) is 56.9. The highest BCUT2D eigenvalue weighted by Crippen LogP contribution is 2.17. The number of hydrogen-bond acceptors (Lipinski definition) is 8. The number of carboxylic acid groups (broad SMARTS) is 3. The van der Waals surface area contributed by atoms with Crippen molar-refractivity contribution in [2.45, 2.75) is 32.3 Å². The molecule has 0 unspecified atom stereocenters. The topological polar surface area (TPSA) is 203 Å². The average Bonchev–Trinajstić information content (AvgIpc) is 2.90. The highest BCUT2D eigenvalue weighted by atomic mass is 35.5. The monoisotopic (exact) mass is 595 g/mol. The summed E-state index contributed by atoms with van der Waals surface area (Å²) in [5, 5.41) is 40.1. The summed E-state index contributed by atoms with van der Waals surface area (Å²) in [5.74, 6) is -4.87. The number of aliphatic hydroxyl groups is 1. The van der Waals surface area contributed by atoms with Gasteiger partial charge in [0.05, 0.1) is 12.8 Å². The zero-order chi connectivity index (χ0) is 31.0. The maximum Gasteiger partial charge on any atom is 0.336 e. The van der Waals surface area contributed by atoms with E-state index >= 15 is 0 Å². The molecule has 41 heavy (non-hydrogen) atoms. The van der Waals surface area contributed by atoms with E-state index in [4.69, 9.17) is 36.8 Å². The minimum absolute atomic E-state index is 0.116. The van der Waals surface area contributed by atoms with Crippen LogP contribution in [0.2, 0.25) is 5.02 Å². The predicted molar refractivity (Wildman–Crippen MR) is 149 cm³/mol. The Balaban J connectivity index is 0.000000545. The van der Waals surface area contributed by atoms with Crippen LogP contribution in [-0.4, -0.2) is 93.4 Å². The predicted octanol–water partition coefficient (Wildman–Crippen LogP) is 2.18. The third-order valence-electron chi connectivity index (χ3n) is 5.51. The second kappa shape index (κ2) is 17.5. The number of carbonyl (C=O) groups excluding carboxylic acids is 2. The molecule has 14 heteroatoms. The first-order valence-electron chi connectivity index (χ1n) is 12.5. The summed E-state index contributed by atoms with van der Waals surface area (Å²) < 4.78 is 5.40. The Morgan fingerprint density at radius 2 is 1.41 bits per heavy atom. The van der Waals surface area contributed by atoms with Crippen molar-refractivity contribution in [3.05, 3.63) is 59.1 Å². The van der Waals surface area contributed by atoms with Gasteiger partial charge in [0.1, 0.15) is 5.75 Å². The second-order valence-corrected chi connectivity index (χ2v) is 9.07. The third kappa shape index (κ3) is 13.6. The molecule has 13 nitrogen and oxygen atoms in total. The number of nitrogens with zero attached hydrogens (tertiary/aromatic N) is 1. The number of aliphatic carboxylic acids is 3. The standard InChI is InChI=1S/C21H26ClN3O3.C6H8O7/c1-3-25(4-2)14-13-23-21(27)16-5-9-18(10-6-16)24-20(26)15-28-19-11-7-17(22)8-12-19;7-3(8)1-6(13,5(11)12)2-4(9)10/h5-12H,3-4,13-15H2,1-2H3,(H,23,27)(H,24,26);13H,1-2H2,(H,7,8)(H,9,10)(H,11,12). The minimum atomic E-state index is -2.74. The number of anilines is 1. The van der Waals surface area contributed by atoms with Gasteiger partial charge in [0.25, 0.3) is 11.8 Å². The van der Waals surface area contributed by atoms with Crippen LogP contribution in [0.4, 0.5) is 5.69 Å². The number of benzene rings is 2. The molecular formula is C27H34ClN3O10. The summed E-state index contributed by atoms with van der Waals surface area (Å²) in [7, 11) is 0.